The summed E-state index contributed by atoms with van der Waals surface area (Å²) in [6, 6.07) is 3.80. The third-order valence-electron chi connectivity index (χ3n) is 2.80. The van der Waals surface area contributed by atoms with Crippen LogP contribution in [-0.2, 0) is 10.5 Å². The first-order valence-electron chi connectivity index (χ1n) is 5.82. The van der Waals surface area contributed by atoms with Gasteiger partial charge in [0.05, 0.1) is 10.7 Å². The first-order valence-corrected chi connectivity index (χ1v) is 7.25. The molecule has 0 aliphatic carbocycles. The van der Waals surface area contributed by atoms with Gasteiger partial charge < -0.3 is 10.1 Å². The van der Waals surface area contributed by atoms with E-state index in [4.69, 9.17) is 16.3 Å². The molecule has 0 amide bonds. The fourth-order valence-corrected chi connectivity index (χ4v) is 3.15. The molecule has 0 radical (unpaired) electrons. The lowest BCUT2D eigenvalue weighted by Gasteiger charge is -2.21. The normalized spacial score (nSPS) is 17.1. The number of hydrogen-bond acceptors (Lipinski definition) is 4. The van der Waals surface area contributed by atoms with Gasteiger partial charge in [0.15, 0.2) is 0 Å². The summed E-state index contributed by atoms with van der Waals surface area (Å²) in [6.07, 6.45) is 2.27. The average Bonchev–Trinajstić information content (AvgIpc) is 2.39. The summed E-state index contributed by atoms with van der Waals surface area (Å²) in [4.78, 5) is 4.48. The third kappa shape index (κ3) is 3.76. The van der Waals surface area contributed by atoms with Crippen molar-refractivity contribution in [1.29, 1.82) is 0 Å². The van der Waals surface area contributed by atoms with Crippen LogP contribution >= 0.6 is 23.4 Å². The molecule has 17 heavy (non-hydrogen) atoms. The van der Waals surface area contributed by atoms with Crippen molar-refractivity contribution in [3.63, 3.8) is 0 Å². The summed E-state index contributed by atoms with van der Waals surface area (Å²) in [5.41, 5.74) is 0.968. The van der Waals surface area contributed by atoms with Crippen molar-refractivity contribution in [1.82, 2.24) is 4.98 Å². The van der Waals surface area contributed by atoms with Crippen molar-refractivity contribution in [2.45, 2.75) is 23.8 Å². The minimum Gasteiger partial charge on any atom is -0.381 e. The van der Waals surface area contributed by atoms with E-state index in [0.717, 1.165) is 48.3 Å². The second-order valence-corrected chi connectivity index (χ2v) is 5.69. The van der Waals surface area contributed by atoms with E-state index in [1.807, 2.05) is 30.9 Å². The molecule has 1 aromatic heterocycles. The molecule has 94 valence electrons. The average molecular weight is 273 g/mol. The van der Waals surface area contributed by atoms with Gasteiger partial charge in [-0.05, 0) is 25.0 Å². The van der Waals surface area contributed by atoms with Crippen LogP contribution in [0.3, 0.4) is 0 Å². The van der Waals surface area contributed by atoms with Crippen molar-refractivity contribution in [3.8, 4) is 0 Å². The van der Waals surface area contributed by atoms with E-state index in [-0.39, 0.29) is 0 Å². The first kappa shape index (κ1) is 13.0. The SMILES string of the molecule is CNc1ccc(Cl)c(CSC2CCOCC2)n1. The molecule has 5 heteroatoms. The molecule has 2 rings (SSSR count). The number of hydrogen-bond donors (Lipinski definition) is 1. The van der Waals surface area contributed by atoms with Gasteiger partial charge in [-0.15, -0.1) is 0 Å². The van der Waals surface area contributed by atoms with Crippen LogP contribution in [-0.4, -0.2) is 30.5 Å². The Bertz CT molecular complexity index is 370. The van der Waals surface area contributed by atoms with Crippen molar-refractivity contribution in [2.75, 3.05) is 25.6 Å². The summed E-state index contributed by atoms with van der Waals surface area (Å²) >= 11 is 8.07. The quantitative estimate of drug-likeness (QED) is 0.913. The lowest BCUT2D eigenvalue weighted by molar-refractivity contribution is 0.1000. The smallest absolute Gasteiger partial charge is 0.126 e. The van der Waals surface area contributed by atoms with Crippen molar-refractivity contribution in [3.05, 3.63) is 22.8 Å². The van der Waals surface area contributed by atoms with E-state index in [2.05, 4.69) is 10.3 Å². The first-order chi connectivity index (χ1) is 8.29. The minimum absolute atomic E-state index is 0.680. The summed E-state index contributed by atoms with van der Waals surface area (Å²) < 4.78 is 5.35. The number of aromatic nitrogens is 1. The highest BCUT2D eigenvalue weighted by Crippen LogP contribution is 2.28. The van der Waals surface area contributed by atoms with Gasteiger partial charge in [0, 0.05) is 31.3 Å². The van der Waals surface area contributed by atoms with Crippen LogP contribution in [0.15, 0.2) is 12.1 Å². The van der Waals surface area contributed by atoms with Gasteiger partial charge in [-0.3, -0.25) is 0 Å². The molecule has 2 heterocycles. The molecule has 1 saturated heterocycles. The maximum absolute atomic E-state index is 6.14. The monoisotopic (exact) mass is 272 g/mol. The standard InChI is InChI=1S/C12H17ClN2OS/c1-14-12-3-2-10(13)11(15-12)8-17-9-4-6-16-7-5-9/h2-3,9H,4-8H2,1H3,(H,14,15). The Morgan fingerprint density at radius 2 is 2.24 bits per heavy atom. The lowest BCUT2D eigenvalue weighted by Crippen LogP contribution is -2.17. The number of thioether (sulfide) groups is 1. The number of ether oxygens (including phenoxy) is 1. The number of pyridine rings is 1. The van der Waals surface area contributed by atoms with Gasteiger partial charge in [0.1, 0.15) is 5.82 Å². The lowest BCUT2D eigenvalue weighted by atomic mass is 10.2. The number of nitrogens with zero attached hydrogens (tertiary/aromatic N) is 1. The van der Waals surface area contributed by atoms with Gasteiger partial charge in [-0.25, -0.2) is 4.98 Å². The Morgan fingerprint density at radius 1 is 1.47 bits per heavy atom. The molecule has 0 bridgehead atoms. The second kappa shape index (κ2) is 6.47. The molecule has 0 aromatic carbocycles. The summed E-state index contributed by atoms with van der Waals surface area (Å²) in [6.45, 7) is 1.77. The summed E-state index contributed by atoms with van der Waals surface area (Å²) in [7, 11) is 1.87. The van der Waals surface area contributed by atoms with Crippen LogP contribution in [0, 0.1) is 0 Å². The minimum atomic E-state index is 0.680. The van der Waals surface area contributed by atoms with E-state index in [1.165, 1.54) is 0 Å². The molecule has 0 saturated carbocycles. The molecular weight excluding hydrogens is 256 g/mol. The number of halogens is 1. The van der Waals surface area contributed by atoms with Gasteiger partial charge in [-0.1, -0.05) is 11.6 Å². The predicted molar refractivity (Wildman–Crippen MR) is 73.9 cm³/mol. The summed E-state index contributed by atoms with van der Waals surface area (Å²) in [5, 5.41) is 4.47. The molecule has 0 spiro atoms. The van der Waals surface area contributed by atoms with Gasteiger partial charge >= 0.3 is 0 Å². The van der Waals surface area contributed by atoms with E-state index < -0.39 is 0 Å². The van der Waals surface area contributed by atoms with Crippen LogP contribution < -0.4 is 5.32 Å². The zero-order valence-corrected chi connectivity index (χ0v) is 11.5. The molecule has 1 aliphatic rings. The fourth-order valence-electron chi connectivity index (χ4n) is 1.76. The van der Waals surface area contributed by atoms with E-state index in [1.54, 1.807) is 0 Å². The highest BCUT2D eigenvalue weighted by Gasteiger charge is 2.15. The maximum Gasteiger partial charge on any atom is 0.126 e. The van der Waals surface area contributed by atoms with Crippen LogP contribution in [0.2, 0.25) is 5.02 Å². The van der Waals surface area contributed by atoms with Gasteiger partial charge in [-0.2, -0.15) is 11.8 Å². The van der Waals surface area contributed by atoms with Crippen molar-refractivity contribution in [2.24, 2.45) is 0 Å². The zero-order chi connectivity index (χ0) is 12.1. The zero-order valence-electron chi connectivity index (χ0n) is 9.91. The molecule has 0 atom stereocenters. The van der Waals surface area contributed by atoms with Gasteiger partial charge in [0.2, 0.25) is 0 Å². The van der Waals surface area contributed by atoms with Crippen LogP contribution in [0.5, 0.6) is 0 Å². The number of anilines is 1. The van der Waals surface area contributed by atoms with Crippen molar-refractivity contribution < 1.29 is 4.74 Å². The number of nitrogens with one attached hydrogen (secondary N) is 1. The Balaban J connectivity index is 1.92. The van der Waals surface area contributed by atoms with Gasteiger partial charge in [0.25, 0.3) is 0 Å². The van der Waals surface area contributed by atoms with Crippen LogP contribution in [0.1, 0.15) is 18.5 Å². The molecule has 1 aromatic rings. The Hall–Kier alpha value is -0.450. The fraction of sp³-hybridized carbons (Fsp3) is 0.583. The molecule has 1 N–H and O–H groups in total. The van der Waals surface area contributed by atoms with Crippen LogP contribution in [0.4, 0.5) is 5.82 Å². The topological polar surface area (TPSA) is 34.1 Å². The number of rotatable bonds is 4. The highest BCUT2D eigenvalue weighted by atomic mass is 35.5. The largest absolute Gasteiger partial charge is 0.381 e. The van der Waals surface area contributed by atoms with E-state index in [0.29, 0.717) is 5.25 Å². The van der Waals surface area contributed by atoms with Crippen molar-refractivity contribution >= 4 is 29.2 Å². The highest BCUT2D eigenvalue weighted by molar-refractivity contribution is 7.99. The van der Waals surface area contributed by atoms with E-state index in [9.17, 15) is 0 Å². The maximum atomic E-state index is 6.14. The third-order valence-corrected chi connectivity index (χ3v) is 4.53. The Morgan fingerprint density at radius 3 is 2.94 bits per heavy atom. The Labute approximate surface area is 111 Å². The Kier molecular flexibility index (Phi) is 4.95. The molecule has 1 aliphatic heterocycles. The molecular formula is C12H17ClN2OS. The molecule has 3 nitrogen and oxygen atoms in total. The molecule has 0 unspecified atom stereocenters. The van der Waals surface area contributed by atoms with E-state index >= 15 is 0 Å². The summed E-state index contributed by atoms with van der Waals surface area (Å²) in [5.74, 6) is 1.75. The predicted octanol–water partition coefficient (Wildman–Crippen LogP) is 3.19. The molecule has 1 fully saturated rings. The second-order valence-electron chi connectivity index (χ2n) is 4.00. The van der Waals surface area contributed by atoms with Crippen LogP contribution in [0.25, 0.3) is 0 Å².